The molecule has 0 aliphatic carbocycles. The minimum Gasteiger partial charge on any atom is -0.497 e. The molecule has 0 bridgehead atoms. The molecule has 0 radical (unpaired) electrons. The highest BCUT2D eigenvalue weighted by molar-refractivity contribution is 6.31. The topological polar surface area (TPSA) is 62.1 Å². The maximum absolute atomic E-state index is 12.1. The number of rotatable bonds is 4. The third-order valence-corrected chi connectivity index (χ3v) is 3.11. The van der Waals surface area contributed by atoms with Crippen LogP contribution in [0.15, 0.2) is 54.1 Å². The number of benzene rings is 2. The summed E-state index contributed by atoms with van der Waals surface area (Å²) in [5, 5.41) is 12.3. The van der Waals surface area contributed by atoms with Crippen molar-refractivity contribution in [2.75, 3.05) is 12.4 Å². The average Bonchev–Trinajstić information content (AvgIpc) is 2.53. The summed E-state index contributed by atoms with van der Waals surface area (Å²) in [7, 11) is 1.57. The van der Waals surface area contributed by atoms with E-state index in [-0.39, 0.29) is 5.57 Å². The first-order valence-electron chi connectivity index (χ1n) is 6.45. The van der Waals surface area contributed by atoms with Crippen LogP contribution < -0.4 is 10.1 Å². The second kappa shape index (κ2) is 7.30. The molecule has 0 aliphatic rings. The van der Waals surface area contributed by atoms with Gasteiger partial charge in [0.1, 0.15) is 17.4 Å². The summed E-state index contributed by atoms with van der Waals surface area (Å²) in [5.74, 6) is 0.222. The van der Waals surface area contributed by atoms with Crippen molar-refractivity contribution in [1.29, 1.82) is 5.26 Å². The molecule has 0 saturated heterocycles. The highest BCUT2D eigenvalue weighted by Crippen LogP contribution is 2.17. The van der Waals surface area contributed by atoms with Crippen LogP contribution in [0, 0.1) is 11.3 Å². The number of ether oxygens (including phenoxy) is 1. The van der Waals surface area contributed by atoms with Gasteiger partial charge >= 0.3 is 0 Å². The largest absolute Gasteiger partial charge is 0.497 e. The maximum atomic E-state index is 12.1. The van der Waals surface area contributed by atoms with E-state index in [2.05, 4.69) is 5.32 Å². The summed E-state index contributed by atoms with van der Waals surface area (Å²) in [6.07, 6.45) is 1.51. The molecule has 4 nitrogen and oxygen atoms in total. The predicted molar refractivity (Wildman–Crippen MR) is 86.7 cm³/mol. The lowest BCUT2D eigenvalue weighted by molar-refractivity contribution is -0.112. The Balaban J connectivity index is 2.17. The first-order chi connectivity index (χ1) is 10.6. The number of carbonyl (C=O) groups excluding carboxylic acids is 1. The zero-order chi connectivity index (χ0) is 15.9. The van der Waals surface area contributed by atoms with Gasteiger partial charge in [-0.05, 0) is 42.0 Å². The summed E-state index contributed by atoms with van der Waals surface area (Å²) in [5.41, 5.74) is 1.28. The quantitative estimate of drug-likeness (QED) is 0.688. The first kappa shape index (κ1) is 15.6. The van der Waals surface area contributed by atoms with Gasteiger partial charge in [-0.1, -0.05) is 29.8 Å². The van der Waals surface area contributed by atoms with E-state index < -0.39 is 5.91 Å². The first-order valence-corrected chi connectivity index (χ1v) is 6.83. The number of anilines is 1. The lowest BCUT2D eigenvalue weighted by Crippen LogP contribution is -2.13. The number of amides is 1. The molecule has 2 aromatic rings. The maximum Gasteiger partial charge on any atom is 0.266 e. The minimum atomic E-state index is -0.486. The fraction of sp³-hybridized carbons (Fsp3) is 0.0588. The van der Waals surface area contributed by atoms with Crippen LogP contribution in [-0.2, 0) is 4.79 Å². The molecule has 0 fully saturated rings. The Morgan fingerprint density at radius 3 is 2.59 bits per heavy atom. The molecule has 110 valence electrons. The van der Waals surface area contributed by atoms with E-state index in [1.165, 1.54) is 6.08 Å². The van der Waals surface area contributed by atoms with Crippen LogP contribution in [0.4, 0.5) is 5.69 Å². The third kappa shape index (κ3) is 4.11. The molecule has 0 saturated carbocycles. The molecule has 0 spiro atoms. The Bertz CT molecular complexity index is 746. The smallest absolute Gasteiger partial charge is 0.266 e. The molecule has 0 unspecified atom stereocenters. The Hall–Kier alpha value is -2.77. The number of hydrogen-bond acceptors (Lipinski definition) is 3. The average molecular weight is 313 g/mol. The highest BCUT2D eigenvalue weighted by atomic mass is 35.5. The molecule has 1 N–H and O–H groups in total. The van der Waals surface area contributed by atoms with Crippen molar-refractivity contribution < 1.29 is 9.53 Å². The molecular weight excluding hydrogens is 300 g/mol. The van der Waals surface area contributed by atoms with Crippen molar-refractivity contribution in [2.45, 2.75) is 0 Å². The summed E-state index contributed by atoms with van der Waals surface area (Å²) in [6.45, 7) is 0. The fourth-order valence-corrected chi connectivity index (χ4v) is 1.97. The Labute approximate surface area is 133 Å². The number of methoxy groups -OCH3 is 1. The zero-order valence-electron chi connectivity index (χ0n) is 11.8. The molecule has 0 heterocycles. The molecule has 0 aliphatic heterocycles. The molecule has 22 heavy (non-hydrogen) atoms. The fourth-order valence-electron chi connectivity index (χ4n) is 1.78. The number of halogens is 1. The van der Waals surface area contributed by atoms with Gasteiger partial charge in [0.05, 0.1) is 7.11 Å². The van der Waals surface area contributed by atoms with Crippen LogP contribution in [0.25, 0.3) is 6.08 Å². The zero-order valence-corrected chi connectivity index (χ0v) is 12.6. The van der Waals surface area contributed by atoms with Gasteiger partial charge in [-0.3, -0.25) is 4.79 Å². The molecule has 5 heteroatoms. The van der Waals surface area contributed by atoms with Crippen molar-refractivity contribution in [1.82, 2.24) is 0 Å². The lowest BCUT2D eigenvalue weighted by atomic mass is 10.1. The van der Waals surface area contributed by atoms with Gasteiger partial charge in [-0.15, -0.1) is 0 Å². The minimum absolute atomic E-state index is 0.00476. The summed E-state index contributed by atoms with van der Waals surface area (Å²) in [6, 6.07) is 15.7. The van der Waals surface area contributed by atoms with Crippen molar-refractivity contribution in [3.05, 3.63) is 64.7 Å². The molecule has 1 amide bonds. The summed E-state index contributed by atoms with van der Waals surface area (Å²) in [4.78, 5) is 12.1. The van der Waals surface area contributed by atoms with Crippen LogP contribution in [0.1, 0.15) is 5.56 Å². The van der Waals surface area contributed by atoms with Gasteiger partial charge in [-0.2, -0.15) is 5.26 Å². The van der Waals surface area contributed by atoms with Gasteiger partial charge in [-0.25, -0.2) is 0 Å². The standard InChI is InChI=1S/C17H13ClN2O2/c1-22-16-7-5-12(6-8-16)9-13(11-19)17(21)20-15-4-2-3-14(18)10-15/h2-10H,1H3,(H,20,21)/b13-9+. The normalized spacial score (nSPS) is 10.7. The van der Waals surface area contributed by atoms with Crippen molar-refractivity contribution in [2.24, 2.45) is 0 Å². The summed E-state index contributed by atoms with van der Waals surface area (Å²) >= 11 is 5.86. The number of nitriles is 1. The van der Waals surface area contributed by atoms with Crippen molar-refractivity contribution in [3.8, 4) is 11.8 Å². The van der Waals surface area contributed by atoms with E-state index in [1.54, 1.807) is 55.6 Å². The molecule has 2 aromatic carbocycles. The third-order valence-electron chi connectivity index (χ3n) is 2.87. The van der Waals surface area contributed by atoms with Crippen LogP contribution in [-0.4, -0.2) is 13.0 Å². The number of hydrogen-bond donors (Lipinski definition) is 1. The predicted octanol–water partition coefficient (Wildman–Crippen LogP) is 3.89. The monoisotopic (exact) mass is 312 g/mol. The van der Waals surface area contributed by atoms with Gasteiger partial charge in [0.25, 0.3) is 5.91 Å². The SMILES string of the molecule is COc1ccc(/C=C(\C#N)C(=O)Nc2cccc(Cl)c2)cc1. The van der Waals surface area contributed by atoms with Crippen molar-refractivity contribution >= 4 is 29.3 Å². The Morgan fingerprint density at radius 2 is 2.00 bits per heavy atom. The Kier molecular flexibility index (Phi) is 5.18. The van der Waals surface area contributed by atoms with Crippen LogP contribution >= 0.6 is 11.6 Å². The van der Waals surface area contributed by atoms with Crippen LogP contribution in [0.2, 0.25) is 5.02 Å². The lowest BCUT2D eigenvalue weighted by Gasteiger charge is -2.05. The number of nitrogens with one attached hydrogen (secondary N) is 1. The summed E-state index contributed by atoms with van der Waals surface area (Å²) < 4.78 is 5.06. The van der Waals surface area contributed by atoms with Gasteiger partial charge in [0.2, 0.25) is 0 Å². The number of nitrogens with zero attached hydrogens (tertiary/aromatic N) is 1. The van der Waals surface area contributed by atoms with E-state index in [0.717, 1.165) is 5.56 Å². The second-order valence-corrected chi connectivity index (χ2v) is 4.84. The van der Waals surface area contributed by atoms with Gasteiger partial charge in [0.15, 0.2) is 0 Å². The van der Waals surface area contributed by atoms with Gasteiger partial charge in [0, 0.05) is 10.7 Å². The molecule has 2 rings (SSSR count). The van der Waals surface area contributed by atoms with E-state index >= 15 is 0 Å². The molecular formula is C17H13ClN2O2. The van der Waals surface area contributed by atoms with E-state index in [4.69, 9.17) is 21.6 Å². The Morgan fingerprint density at radius 1 is 1.27 bits per heavy atom. The van der Waals surface area contributed by atoms with Crippen LogP contribution in [0.3, 0.4) is 0 Å². The van der Waals surface area contributed by atoms with Crippen LogP contribution in [0.5, 0.6) is 5.75 Å². The molecule has 0 atom stereocenters. The number of carbonyl (C=O) groups is 1. The van der Waals surface area contributed by atoms with E-state index in [0.29, 0.717) is 16.5 Å². The van der Waals surface area contributed by atoms with E-state index in [1.807, 2.05) is 6.07 Å². The second-order valence-electron chi connectivity index (χ2n) is 4.41. The highest BCUT2D eigenvalue weighted by Gasteiger charge is 2.09. The van der Waals surface area contributed by atoms with Gasteiger partial charge < -0.3 is 10.1 Å². The van der Waals surface area contributed by atoms with E-state index in [9.17, 15) is 4.79 Å². The molecule has 0 aromatic heterocycles. The van der Waals surface area contributed by atoms with Crippen molar-refractivity contribution in [3.63, 3.8) is 0 Å².